The summed E-state index contributed by atoms with van der Waals surface area (Å²) in [7, 11) is 0.780. The average molecular weight is 623 g/mol. The maximum Gasteiger partial charge on any atom is 0.474 e. The molecule has 4 N–H and O–H groups in total. The van der Waals surface area contributed by atoms with Gasteiger partial charge in [0.05, 0.1) is 26.9 Å². The summed E-state index contributed by atoms with van der Waals surface area (Å²) >= 11 is 0. The van der Waals surface area contributed by atoms with Crippen LogP contribution in [0, 0.1) is 0 Å². The lowest BCUT2D eigenvalue weighted by molar-refractivity contribution is -0.121. The molecular formula is C24H39N4O13P. The zero-order chi connectivity index (χ0) is 31.3. The number of nitrogens with zero attached hydrogens (tertiary/aromatic N) is 1. The van der Waals surface area contributed by atoms with Crippen LogP contribution < -0.4 is 21.9 Å². The largest absolute Gasteiger partial charge is 0.474 e. The first-order valence-corrected chi connectivity index (χ1v) is 14.7. The Morgan fingerprint density at radius 1 is 1.12 bits per heavy atom. The van der Waals surface area contributed by atoms with Crippen molar-refractivity contribution < 1.29 is 51.8 Å². The summed E-state index contributed by atoms with van der Waals surface area (Å²) in [6.45, 7) is -0.177. The first-order chi connectivity index (χ1) is 20.0. The van der Waals surface area contributed by atoms with Crippen molar-refractivity contribution in [2.75, 3.05) is 41.6 Å². The summed E-state index contributed by atoms with van der Waals surface area (Å²) in [5, 5.41) is 14.7. The molecule has 0 spiro atoms. The molecule has 18 heteroatoms. The Hall–Kier alpha value is -3.08. The highest BCUT2D eigenvalue weighted by Gasteiger charge is 2.42. The molecule has 1 fully saturated rings. The minimum Gasteiger partial charge on any atom is -0.453 e. The molecular weight excluding hydrogens is 583 g/mol. The molecule has 17 nitrogen and oxygen atoms in total. The molecule has 2 rings (SSSR count). The quantitative estimate of drug-likeness (QED) is 0.139. The number of aryl methyl sites for hydroxylation is 1. The van der Waals surface area contributed by atoms with Gasteiger partial charge in [0, 0.05) is 45.4 Å². The molecule has 0 aliphatic carbocycles. The molecule has 4 atom stereocenters. The molecule has 1 aliphatic heterocycles. The van der Waals surface area contributed by atoms with Gasteiger partial charge < -0.3 is 30.0 Å². The van der Waals surface area contributed by atoms with Gasteiger partial charge in [-0.05, 0) is 32.1 Å². The van der Waals surface area contributed by atoms with Crippen LogP contribution in [0.15, 0.2) is 15.8 Å². The number of ether oxygens (including phenoxy) is 3. The Morgan fingerprint density at radius 3 is 2.43 bits per heavy atom. The molecule has 0 radical (unpaired) electrons. The predicted molar refractivity (Wildman–Crippen MR) is 145 cm³/mol. The lowest BCUT2D eigenvalue weighted by Crippen LogP contribution is -2.41. The van der Waals surface area contributed by atoms with Gasteiger partial charge in [-0.1, -0.05) is 0 Å². The normalized spacial score (nSPS) is 19.2. The number of methoxy groups -OCH3 is 2. The number of aromatic nitrogens is 2. The monoisotopic (exact) mass is 622 g/mol. The number of aliphatic hydroxyl groups is 1. The van der Waals surface area contributed by atoms with Crippen molar-refractivity contribution in [1.82, 2.24) is 20.2 Å². The van der Waals surface area contributed by atoms with E-state index in [0.717, 1.165) is 18.8 Å². The maximum absolute atomic E-state index is 12.9. The van der Waals surface area contributed by atoms with Gasteiger partial charge in [-0.2, -0.15) is 0 Å². The number of Topliss-reactive ketones (excluding diaryl/α,β-unsaturated/α-hetero) is 1. The van der Waals surface area contributed by atoms with Crippen molar-refractivity contribution in [3.05, 3.63) is 32.6 Å². The molecule has 2 heterocycles. The van der Waals surface area contributed by atoms with E-state index in [-0.39, 0.29) is 37.0 Å². The Kier molecular flexibility index (Phi) is 14.3. The number of hydrogen-bond donors (Lipinski definition) is 4. The van der Waals surface area contributed by atoms with Crippen molar-refractivity contribution in [2.45, 2.75) is 69.4 Å². The van der Waals surface area contributed by atoms with E-state index < -0.39 is 62.3 Å². The molecule has 0 saturated carbocycles. The number of amides is 2. The van der Waals surface area contributed by atoms with E-state index >= 15 is 0 Å². The molecule has 1 aromatic heterocycles. The van der Waals surface area contributed by atoms with Crippen molar-refractivity contribution in [3.63, 3.8) is 0 Å². The van der Waals surface area contributed by atoms with E-state index in [1.54, 1.807) is 0 Å². The minimum atomic E-state index is -3.91. The van der Waals surface area contributed by atoms with E-state index in [1.807, 2.05) is 0 Å². The third-order valence-corrected chi connectivity index (χ3v) is 7.96. The number of carbonyl (C=O) groups is 3. The molecule has 1 aromatic rings. The number of phosphoric ester groups is 1. The van der Waals surface area contributed by atoms with Gasteiger partial charge in [0.15, 0.2) is 5.78 Å². The molecule has 0 aromatic carbocycles. The van der Waals surface area contributed by atoms with Gasteiger partial charge >= 0.3 is 25.7 Å². The number of nitrogens with one attached hydrogen (secondary N) is 3. The number of hydrogen-bond acceptors (Lipinski definition) is 13. The number of carbonyl (C=O) groups excluding carboxylic acids is 3. The maximum atomic E-state index is 12.9. The van der Waals surface area contributed by atoms with Gasteiger partial charge in [0.2, 0.25) is 0 Å². The first kappa shape index (κ1) is 35.1. The average Bonchev–Trinajstić information content (AvgIpc) is 3.38. The third-order valence-electron chi connectivity index (χ3n) is 6.53. The molecule has 238 valence electrons. The second-order valence-electron chi connectivity index (χ2n) is 9.25. The standard InChI is InChI=1S/C24H39N4O13P/c1-36-23(33)25-11-6-5-9-16(26-24(34)37-2)17(30)10-7-8-15-13-28(22(32)27-21(15)31)20-12-18(19(14-29)40-20)41-42(35,38-3)39-4/h13,16,18-20,29H,5-12,14H2,1-4H3,(H,25,33)(H,26,34)(H,27,31,32)/t16?,18-,19-,20-/m0/s1. The number of aromatic amines is 1. The Balaban J connectivity index is 2.04. The van der Waals surface area contributed by atoms with Crippen LogP contribution in [0.2, 0.25) is 0 Å². The number of phosphoric acid groups is 1. The number of aliphatic hydroxyl groups excluding tert-OH is 1. The van der Waals surface area contributed by atoms with Crippen LogP contribution in [-0.4, -0.2) is 92.5 Å². The summed E-state index contributed by atoms with van der Waals surface area (Å²) < 4.78 is 43.3. The van der Waals surface area contributed by atoms with Crippen LogP contribution in [0.25, 0.3) is 0 Å². The van der Waals surface area contributed by atoms with Gasteiger partial charge in [-0.3, -0.25) is 32.7 Å². The predicted octanol–water partition coefficient (Wildman–Crippen LogP) is 0.745. The van der Waals surface area contributed by atoms with E-state index in [9.17, 15) is 33.6 Å². The van der Waals surface area contributed by atoms with Crippen molar-refractivity contribution in [3.8, 4) is 0 Å². The zero-order valence-electron chi connectivity index (χ0n) is 24.0. The highest BCUT2D eigenvalue weighted by atomic mass is 31.2. The molecule has 1 unspecified atom stereocenters. The molecule has 0 bridgehead atoms. The van der Waals surface area contributed by atoms with Crippen molar-refractivity contribution >= 4 is 25.8 Å². The fourth-order valence-electron chi connectivity index (χ4n) is 4.27. The minimum absolute atomic E-state index is 0.0121. The Labute approximate surface area is 241 Å². The lowest BCUT2D eigenvalue weighted by atomic mass is 10.00. The smallest absolute Gasteiger partial charge is 0.453 e. The SMILES string of the molecule is COC(=O)NCCCCC(NC(=O)OC)C(=O)CCCc1cn([C@@H]2C[C@H](OP(=O)(OC)OC)[C@H](CO)O2)c(=O)[nH]c1=O. The van der Waals surface area contributed by atoms with Crippen molar-refractivity contribution in [2.24, 2.45) is 0 Å². The van der Waals surface area contributed by atoms with Crippen LogP contribution in [0.4, 0.5) is 9.59 Å². The topological polar surface area (TPSA) is 223 Å². The number of rotatable bonds is 17. The third kappa shape index (κ3) is 10.3. The van der Waals surface area contributed by atoms with Crippen LogP contribution >= 0.6 is 7.82 Å². The van der Waals surface area contributed by atoms with Gasteiger partial charge in [-0.25, -0.2) is 18.9 Å². The van der Waals surface area contributed by atoms with Crippen LogP contribution in [-0.2, 0) is 43.6 Å². The second-order valence-corrected chi connectivity index (χ2v) is 11.1. The van der Waals surface area contributed by atoms with E-state index in [2.05, 4.69) is 25.1 Å². The van der Waals surface area contributed by atoms with Gasteiger partial charge in [-0.15, -0.1) is 0 Å². The molecule has 2 amide bonds. The summed E-state index contributed by atoms with van der Waals surface area (Å²) in [6, 6.07) is -0.836. The van der Waals surface area contributed by atoms with E-state index in [0.29, 0.717) is 25.8 Å². The molecule has 1 aliphatic rings. The fourth-order valence-corrected chi connectivity index (χ4v) is 5.14. The first-order valence-electron chi connectivity index (χ1n) is 13.2. The van der Waals surface area contributed by atoms with Crippen LogP contribution in [0.1, 0.15) is 50.3 Å². The lowest BCUT2D eigenvalue weighted by Gasteiger charge is -2.20. The summed E-state index contributed by atoms with van der Waals surface area (Å²) in [5.41, 5.74) is -1.21. The van der Waals surface area contributed by atoms with Gasteiger partial charge in [0.1, 0.15) is 18.4 Å². The van der Waals surface area contributed by atoms with Crippen LogP contribution in [0.3, 0.4) is 0 Å². The summed E-state index contributed by atoms with van der Waals surface area (Å²) in [6.07, 6.45) is -1.20. The van der Waals surface area contributed by atoms with Crippen molar-refractivity contribution in [1.29, 1.82) is 0 Å². The molecule has 1 saturated heterocycles. The number of H-pyrrole nitrogens is 1. The second kappa shape index (κ2) is 17.1. The Morgan fingerprint density at radius 2 is 1.81 bits per heavy atom. The summed E-state index contributed by atoms with van der Waals surface area (Å²) in [5.74, 6) is -0.281. The number of unbranched alkanes of at least 4 members (excludes halogenated alkanes) is 1. The fraction of sp³-hybridized carbons (Fsp3) is 0.708. The van der Waals surface area contributed by atoms with Gasteiger partial charge in [0.25, 0.3) is 5.56 Å². The highest BCUT2D eigenvalue weighted by Crippen LogP contribution is 2.51. The number of alkyl carbamates (subject to hydrolysis) is 2. The van der Waals surface area contributed by atoms with Crippen LogP contribution in [0.5, 0.6) is 0 Å². The molecule has 42 heavy (non-hydrogen) atoms. The number of ketones is 1. The highest BCUT2D eigenvalue weighted by molar-refractivity contribution is 7.48. The zero-order valence-corrected chi connectivity index (χ0v) is 24.9. The Bertz CT molecular complexity index is 1210. The van der Waals surface area contributed by atoms with E-state index in [4.69, 9.17) is 18.3 Å². The van der Waals surface area contributed by atoms with E-state index in [1.165, 1.54) is 20.4 Å². The summed E-state index contributed by atoms with van der Waals surface area (Å²) in [4.78, 5) is 63.0.